The lowest BCUT2D eigenvalue weighted by molar-refractivity contribution is 0.568. The number of hydrogen-bond acceptors (Lipinski definition) is 2. The molecular formula is C15H22N2. The number of nitrogens with one attached hydrogen (secondary N) is 1. The van der Waals surface area contributed by atoms with Gasteiger partial charge < -0.3 is 10.2 Å². The van der Waals surface area contributed by atoms with E-state index >= 15 is 0 Å². The molecule has 92 valence electrons. The van der Waals surface area contributed by atoms with Gasteiger partial charge in [0.15, 0.2) is 0 Å². The van der Waals surface area contributed by atoms with Crippen molar-refractivity contribution in [3.63, 3.8) is 0 Å². The third-order valence-corrected chi connectivity index (χ3v) is 3.98. The first-order valence-corrected chi connectivity index (χ1v) is 6.78. The second-order valence-corrected chi connectivity index (χ2v) is 5.79. The van der Waals surface area contributed by atoms with Crippen LogP contribution in [-0.2, 0) is 0 Å². The van der Waals surface area contributed by atoms with Gasteiger partial charge >= 0.3 is 0 Å². The van der Waals surface area contributed by atoms with Crippen LogP contribution in [-0.4, -0.2) is 20.1 Å². The van der Waals surface area contributed by atoms with Gasteiger partial charge in [0, 0.05) is 31.5 Å². The van der Waals surface area contributed by atoms with Crippen molar-refractivity contribution >= 4 is 11.4 Å². The Labute approximate surface area is 104 Å². The van der Waals surface area contributed by atoms with Crippen molar-refractivity contribution in [1.29, 1.82) is 0 Å². The van der Waals surface area contributed by atoms with Crippen molar-refractivity contribution < 1.29 is 0 Å². The molecule has 1 aromatic rings. The maximum Gasteiger partial charge on any atom is 0.0362 e. The molecule has 0 bridgehead atoms. The van der Waals surface area contributed by atoms with E-state index in [2.05, 4.69) is 48.6 Å². The van der Waals surface area contributed by atoms with E-state index in [1.165, 1.54) is 37.1 Å². The molecule has 2 heteroatoms. The lowest BCUT2D eigenvalue weighted by Gasteiger charge is -2.20. The summed E-state index contributed by atoms with van der Waals surface area (Å²) >= 11 is 0. The third-order valence-electron chi connectivity index (χ3n) is 3.98. The highest BCUT2D eigenvalue weighted by atomic mass is 15.1. The van der Waals surface area contributed by atoms with Crippen LogP contribution in [0.15, 0.2) is 24.3 Å². The predicted molar refractivity (Wildman–Crippen MR) is 73.6 cm³/mol. The molecule has 2 aliphatic rings. The Balaban J connectivity index is 1.66. The second kappa shape index (κ2) is 4.25. The van der Waals surface area contributed by atoms with E-state index in [0.29, 0.717) is 0 Å². The predicted octanol–water partition coefficient (Wildman–Crippen LogP) is 3.35. The van der Waals surface area contributed by atoms with Gasteiger partial charge in [-0.3, -0.25) is 0 Å². The molecular weight excluding hydrogens is 208 g/mol. The van der Waals surface area contributed by atoms with E-state index in [1.54, 1.807) is 0 Å². The molecule has 0 atom stereocenters. The first kappa shape index (κ1) is 10.9. The van der Waals surface area contributed by atoms with Gasteiger partial charge in [-0.15, -0.1) is 0 Å². The molecule has 0 saturated heterocycles. The molecule has 17 heavy (non-hydrogen) atoms. The van der Waals surface area contributed by atoms with E-state index in [9.17, 15) is 0 Å². The summed E-state index contributed by atoms with van der Waals surface area (Å²) in [7, 11) is 4.17. The topological polar surface area (TPSA) is 15.3 Å². The maximum absolute atomic E-state index is 3.75. The zero-order valence-corrected chi connectivity index (χ0v) is 10.8. The number of nitrogens with zero attached hydrogens (tertiary/aromatic N) is 1. The molecule has 0 spiro atoms. The van der Waals surface area contributed by atoms with Crippen LogP contribution in [0.1, 0.15) is 25.7 Å². The van der Waals surface area contributed by atoms with Gasteiger partial charge in [-0.05, 0) is 61.8 Å². The van der Waals surface area contributed by atoms with E-state index in [1.807, 2.05) is 0 Å². The van der Waals surface area contributed by atoms with Gasteiger partial charge in [0.2, 0.25) is 0 Å². The average molecular weight is 230 g/mol. The highest BCUT2D eigenvalue weighted by Gasteiger charge is 2.41. The second-order valence-electron chi connectivity index (χ2n) is 5.79. The fourth-order valence-corrected chi connectivity index (χ4v) is 2.58. The Morgan fingerprint density at radius 2 is 1.53 bits per heavy atom. The van der Waals surface area contributed by atoms with Gasteiger partial charge in [0.1, 0.15) is 0 Å². The van der Waals surface area contributed by atoms with Crippen molar-refractivity contribution in [2.75, 3.05) is 24.3 Å². The van der Waals surface area contributed by atoms with Crippen molar-refractivity contribution in [2.24, 2.45) is 11.8 Å². The van der Waals surface area contributed by atoms with Crippen LogP contribution in [0.2, 0.25) is 0 Å². The van der Waals surface area contributed by atoms with E-state index in [0.717, 1.165) is 17.9 Å². The van der Waals surface area contributed by atoms with Crippen LogP contribution in [0.4, 0.5) is 11.4 Å². The molecule has 0 heterocycles. The summed E-state index contributed by atoms with van der Waals surface area (Å²) < 4.78 is 0. The summed E-state index contributed by atoms with van der Waals surface area (Å²) in [6.07, 6.45) is 5.74. The van der Waals surface area contributed by atoms with Gasteiger partial charge in [-0.1, -0.05) is 0 Å². The van der Waals surface area contributed by atoms with Gasteiger partial charge in [-0.25, -0.2) is 0 Å². The normalized spacial score (nSPS) is 19.5. The van der Waals surface area contributed by atoms with Crippen molar-refractivity contribution in [2.45, 2.75) is 31.7 Å². The van der Waals surface area contributed by atoms with Crippen LogP contribution >= 0.6 is 0 Å². The van der Waals surface area contributed by atoms with Gasteiger partial charge in [0.25, 0.3) is 0 Å². The third kappa shape index (κ3) is 2.56. The standard InChI is InChI=1S/C15H22N2/c1-17(2)14-9-7-13(8-10-14)16-15(11-3-4-11)12-5-6-12/h7-12,15-16H,3-6H2,1-2H3. The van der Waals surface area contributed by atoms with Crippen LogP contribution in [0, 0.1) is 11.8 Å². The molecule has 0 aliphatic heterocycles. The summed E-state index contributed by atoms with van der Waals surface area (Å²) in [4.78, 5) is 2.14. The van der Waals surface area contributed by atoms with Gasteiger partial charge in [-0.2, -0.15) is 0 Å². The fourth-order valence-electron chi connectivity index (χ4n) is 2.58. The molecule has 2 nitrogen and oxygen atoms in total. The summed E-state index contributed by atoms with van der Waals surface area (Å²) in [6, 6.07) is 9.57. The summed E-state index contributed by atoms with van der Waals surface area (Å²) in [5.41, 5.74) is 2.56. The Morgan fingerprint density at radius 3 is 1.94 bits per heavy atom. The molecule has 0 unspecified atom stereocenters. The molecule has 0 aromatic heterocycles. The van der Waals surface area contributed by atoms with E-state index < -0.39 is 0 Å². The number of benzene rings is 1. The minimum Gasteiger partial charge on any atom is -0.382 e. The molecule has 0 amide bonds. The zero-order valence-electron chi connectivity index (χ0n) is 10.8. The molecule has 1 aromatic carbocycles. The first-order valence-electron chi connectivity index (χ1n) is 6.78. The SMILES string of the molecule is CN(C)c1ccc(NC(C2CC2)C2CC2)cc1. The monoisotopic (exact) mass is 230 g/mol. The number of anilines is 2. The van der Waals surface area contributed by atoms with Crippen molar-refractivity contribution in [3.05, 3.63) is 24.3 Å². The smallest absolute Gasteiger partial charge is 0.0362 e. The minimum absolute atomic E-state index is 0.750. The zero-order chi connectivity index (χ0) is 11.8. The van der Waals surface area contributed by atoms with Crippen LogP contribution in [0.25, 0.3) is 0 Å². The van der Waals surface area contributed by atoms with Crippen LogP contribution < -0.4 is 10.2 Å². The van der Waals surface area contributed by atoms with Crippen molar-refractivity contribution in [3.8, 4) is 0 Å². The first-order chi connectivity index (χ1) is 8.24. The highest BCUT2D eigenvalue weighted by Crippen LogP contribution is 2.45. The van der Waals surface area contributed by atoms with Crippen molar-refractivity contribution in [1.82, 2.24) is 0 Å². The Hall–Kier alpha value is -1.18. The summed E-state index contributed by atoms with van der Waals surface area (Å²) in [5.74, 6) is 1.91. The van der Waals surface area contributed by atoms with E-state index in [-0.39, 0.29) is 0 Å². The lowest BCUT2D eigenvalue weighted by Crippen LogP contribution is -2.24. The van der Waals surface area contributed by atoms with E-state index in [4.69, 9.17) is 0 Å². The molecule has 2 aliphatic carbocycles. The summed E-state index contributed by atoms with van der Waals surface area (Å²) in [6.45, 7) is 0. The maximum atomic E-state index is 3.75. The molecule has 0 radical (unpaired) electrons. The van der Waals surface area contributed by atoms with Gasteiger partial charge in [0.05, 0.1) is 0 Å². The Morgan fingerprint density at radius 1 is 1.00 bits per heavy atom. The highest BCUT2D eigenvalue weighted by molar-refractivity contribution is 5.55. The molecule has 2 fully saturated rings. The fraction of sp³-hybridized carbons (Fsp3) is 0.600. The largest absolute Gasteiger partial charge is 0.382 e. The lowest BCUT2D eigenvalue weighted by atomic mass is 10.1. The average Bonchev–Trinajstić information content (AvgIpc) is 3.17. The molecule has 1 N–H and O–H groups in total. The Bertz CT molecular complexity index is 362. The quantitative estimate of drug-likeness (QED) is 0.834. The van der Waals surface area contributed by atoms with Crippen LogP contribution in [0.3, 0.4) is 0 Å². The Kier molecular flexibility index (Phi) is 2.73. The number of hydrogen-bond donors (Lipinski definition) is 1. The van der Waals surface area contributed by atoms with Crippen LogP contribution in [0.5, 0.6) is 0 Å². The summed E-state index contributed by atoms with van der Waals surface area (Å²) in [5, 5.41) is 3.75. The number of rotatable bonds is 5. The molecule has 3 rings (SSSR count). The minimum atomic E-state index is 0.750. The molecule has 2 saturated carbocycles.